The average Bonchev–Trinajstić information content (AvgIpc) is 2.76. The molecule has 1 rings (SSSR count). The fourth-order valence-electron chi connectivity index (χ4n) is 1.49. The Morgan fingerprint density at radius 1 is 1.71 bits per heavy atom. The molecule has 0 aliphatic rings. The number of thioether (sulfide) groups is 1. The number of hydrazine groups is 1. The standard InChI is InChI=1S/C11H19N3O2S/c1-8(7-17-3)14(2)6-10-9(4-5-16-10)11(15)13-12/h4-5,8H,6-7,12H2,1-3H3,(H,13,15). The molecule has 1 atom stereocenters. The number of rotatable bonds is 6. The van der Waals surface area contributed by atoms with Crippen LogP contribution < -0.4 is 11.3 Å². The van der Waals surface area contributed by atoms with E-state index in [1.165, 1.54) is 6.26 Å². The molecular formula is C11H19N3O2S. The van der Waals surface area contributed by atoms with E-state index >= 15 is 0 Å². The number of nitrogens with two attached hydrogens (primary N) is 1. The summed E-state index contributed by atoms with van der Waals surface area (Å²) in [6.07, 6.45) is 3.58. The number of carbonyl (C=O) groups excluding carboxylic acids is 1. The maximum absolute atomic E-state index is 11.5. The minimum absolute atomic E-state index is 0.320. The molecule has 0 fully saturated rings. The SMILES string of the molecule is CSCC(C)N(C)Cc1occc1C(=O)NN. The lowest BCUT2D eigenvalue weighted by atomic mass is 10.2. The van der Waals surface area contributed by atoms with Gasteiger partial charge in [0.05, 0.1) is 18.4 Å². The quantitative estimate of drug-likeness (QED) is 0.453. The predicted molar refractivity (Wildman–Crippen MR) is 69.7 cm³/mol. The van der Waals surface area contributed by atoms with E-state index in [1.807, 2.05) is 7.05 Å². The van der Waals surface area contributed by atoms with Gasteiger partial charge < -0.3 is 4.42 Å². The zero-order valence-corrected chi connectivity index (χ0v) is 11.2. The summed E-state index contributed by atoms with van der Waals surface area (Å²) in [6.45, 7) is 2.74. The molecule has 0 saturated carbocycles. The number of hydrogen-bond donors (Lipinski definition) is 2. The molecule has 0 saturated heterocycles. The molecule has 0 aromatic carbocycles. The molecule has 1 heterocycles. The first kappa shape index (κ1) is 14.1. The van der Waals surface area contributed by atoms with Crippen LogP contribution in [0.2, 0.25) is 0 Å². The van der Waals surface area contributed by atoms with E-state index in [2.05, 4.69) is 23.5 Å². The topological polar surface area (TPSA) is 71.5 Å². The highest BCUT2D eigenvalue weighted by Gasteiger charge is 2.17. The molecular weight excluding hydrogens is 238 g/mol. The number of carbonyl (C=O) groups is 1. The summed E-state index contributed by atoms with van der Waals surface area (Å²) in [5.41, 5.74) is 2.61. The number of amides is 1. The van der Waals surface area contributed by atoms with E-state index in [0.29, 0.717) is 23.9 Å². The lowest BCUT2D eigenvalue weighted by Gasteiger charge is -2.23. The van der Waals surface area contributed by atoms with E-state index in [0.717, 1.165) is 5.75 Å². The van der Waals surface area contributed by atoms with Crippen molar-refractivity contribution in [2.24, 2.45) is 5.84 Å². The molecule has 5 nitrogen and oxygen atoms in total. The highest BCUT2D eigenvalue weighted by molar-refractivity contribution is 7.98. The second kappa shape index (κ2) is 6.68. The third kappa shape index (κ3) is 3.76. The van der Waals surface area contributed by atoms with Crippen LogP contribution >= 0.6 is 11.8 Å². The molecule has 0 aliphatic heterocycles. The maximum Gasteiger partial charge on any atom is 0.268 e. The van der Waals surface area contributed by atoms with Crippen molar-refractivity contribution < 1.29 is 9.21 Å². The third-order valence-electron chi connectivity index (χ3n) is 2.67. The van der Waals surface area contributed by atoms with Crippen molar-refractivity contribution in [1.82, 2.24) is 10.3 Å². The molecule has 1 unspecified atom stereocenters. The van der Waals surface area contributed by atoms with Gasteiger partial charge in [0.15, 0.2) is 0 Å². The number of furan rings is 1. The Morgan fingerprint density at radius 2 is 2.41 bits per heavy atom. The molecule has 0 spiro atoms. The van der Waals surface area contributed by atoms with Gasteiger partial charge in [0.1, 0.15) is 5.76 Å². The molecule has 1 amide bonds. The molecule has 0 bridgehead atoms. The predicted octanol–water partition coefficient (Wildman–Crippen LogP) is 1.07. The third-order valence-corrected chi connectivity index (χ3v) is 3.49. The van der Waals surface area contributed by atoms with Gasteiger partial charge in [0, 0.05) is 11.8 Å². The molecule has 17 heavy (non-hydrogen) atoms. The minimum Gasteiger partial charge on any atom is -0.467 e. The van der Waals surface area contributed by atoms with Crippen molar-refractivity contribution in [2.45, 2.75) is 19.5 Å². The highest BCUT2D eigenvalue weighted by Crippen LogP contribution is 2.14. The Hall–Kier alpha value is -0.980. The summed E-state index contributed by atoms with van der Waals surface area (Å²) in [4.78, 5) is 13.6. The monoisotopic (exact) mass is 257 g/mol. The van der Waals surface area contributed by atoms with Crippen LogP contribution in [-0.4, -0.2) is 35.9 Å². The molecule has 6 heteroatoms. The van der Waals surface area contributed by atoms with Crippen molar-refractivity contribution in [3.63, 3.8) is 0 Å². The van der Waals surface area contributed by atoms with Gasteiger partial charge in [0.2, 0.25) is 0 Å². The smallest absolute Gasteiger partial charge is 0.268 e. The van der Waals surface area contributed by atoms with E-state index in [-0.39, 0.29) is 5.91 Å². The van der Waals surface area contributed by atoms with Crippen LogP contribution in [-0.2, 0) is 6.54 Å². The van der Waals surface area contributed by atoms with Crippen LogP contribution in [0, 0.1) is 0 Å². The van der Waals surface area contributed by atoms with Crippen molar-refractivity contribution in [3.05, 3.63) is 23.7 Å². The van der Waals surface area contributed by atoms with Gasteiger partial charge in [-0.15, -0.1) is 0 Å². The number of nitrogens with one attached hydrogen (secondary N) is 1. The van der Waals surface area contributed by atoms with E-state index in [4.69, 9.17) is 10.3 Å². The second-order valence-electron chi connectivity index (χ2n) is 3.95. The highest BCUT2D eigenvalue weighted by atomic mass is 32.2. The summed E-state index contributed by atoms with van der Waals surface area (Å²) in [7, 11) is 2.01. The molecule has 1 aromatic heterocycles. The van der Waals surface area contributed by atoms with Gasteiger partial charge in [-0.2, -0.15) is 11.8 Å². The summed E-state index contributed by atoms with van der Waals surface area (Å²) in [5.74, 6) is 6.47. The second-order valence-corrected chi connectivity index (χ2v) is 4.86. The Labute approximate surface area is 106 Å². The van der Waals surface area contributed by atoms with E-state index in [9.17, 15) is 4.79 Å². The van der Waals surface area contributed by atoms with Crippen LogP contribution in [0.15, 0.2) is 16.7 Å². The zero-order chi connectivity index (χ0) is 12.8. The van der Waals surface area contributed by atoms with Gasteiger partial charge in [-0.05, 0) is 26.3 Å². The van der Waals surface area contributed by atoms with E-state index < -0.39 is 0 Å². The van der Waals surface area contributed by atoms with Crippen molar-refractivity contribution in [3.8, 4) is 0 Å². The summed E-state index contributed by atoms with van der Waals surface area (Å²) < 4.78 is 5.32. The summed E-state index contributed by atoms with van der Waals surface area (Å²) >= 11 is 1.79. The first-order valence-corrected chi connectivity index (χ1v) is 6.76. The Kier molecular flexibility index (Phi) is 5.54. The largest absolute Gasteiger partial charge is 0.467 e. The fourth-order valence-corrected chi connectivity index (χ4v) is 2.23. The molecule has 96 valence electrons. The molecule has 0 aliphatic carbocycles. The molecule has 1 aromatic rings. The maximum atomic E-state index is 11.5. The van der Waals surface area contributed by atoms with Gasteiger partial charge in [-0.25, -0.2) is 5.84 Å². The van der Waals surface area contributed by atoms with Crippen LogP contribution in [0.25, 0.3) is 0 Å². The zero-order valence-electron chi connectivity index (χ0n) is 10.4. The van der Waals surface area contributed by atoms with Crippen molar-refractivity contribution in [1.29, 1.82) is 0 Å². The molecule has 0 radical (unpaired) electrons. The van der Waals surface area contributed by atoms with Crippen LogP contribution in [0.3, 0.4) is 0 Å². The van der Waals surface area contributed by atoms with Gasteiger partial charge in [-0.1, -0.05) is 0 Å². The van der Waals surface area contributed by atoms with Gasteiger partial charge in [0.25, 0.3) is 5.91 Å². The average molecular weight is 257 g/mol. The fraction of sp³-hybridized carbons (Fsp3) is 0.545. The number of hydrogen-bond acceptors (Lipinski definition) is 5. The minimum atomic E-state index is -0.320. The Morgan fingerprint density at radius 3 is 3.00 bits per heavy atom. The lowest BCUT2D eigenvalue weighted by Crippen LogP contribution is -2.33. The normalized spacial score (nSPS) is 12.8. The number of nitrogens with zero attached hydrogens (tertiary/aromatic N) is 1. The van der Waals surface area contributed by atoms with Crippen molar-refractivity contribution >= 4 is 17.7 Å². The first-order valence-electron chi connectivity index (χ1n) is 5.36. The first-order chi connectivity index (χ1) is 8.10. The van der Waals surface area contributed by atoms with Crippen LogP contribution in [0.1, 0.15) is 23.0 Å². The molecule has 3 N–H and O–H groups in total. The van der Waals surface area contributed by atoms with Gasteiger partial charge in [-0.3, -0.25) is 15.1 Å². The Balaban J connectivity index is 2.68. The lowest BCUT2D eigenvalue weighted by molar-refractivity contribution is 0.0949. The van der Waals surface area contributed by atoms with Crippen LogP contribution in [0.5, 0.6) is 0 Å². The van der Waals surface area contributed by atoms with Crippen molar-refractivity contribution in [2.75, 3.05) is 19.1 Å². The summed E-state index contributed by atoms with van der Waals surface area (Å²) in [6, 6.07) is 2.05. The summed E-state index contributed by atoms with van der Waals surface area (Å²) in [5, 5.41) is 0. The Bertz CT molecular complexity index is 367. The number of nitrogen functional groups attached to an aromatic ring is 1. The van der Waals surface area contributed by atoms with Gasteiger partial charge >= 0.3 is 0 Å². The van der Waals surface area contributed by atoms with E-state index in [1.54, 1.807) is 17.8 Å². The van der Waals surface area contributed by atoms with Crippen LogP contribution in [0.4, 0.5) is 0 Å².